The van der Waals surface area contributed by atoms with E-state index in [4.69, 9.17) is 14.7 Å². The molecule has 3 heterocycles. The first-order valence-corrected chi connectivity index (χ1v) is 11.6. The highest BCUT2D eigenvalue weighted by molar-refractivity contribution is 5.88. The van der Waals surface area contributed by atoms with Crippen LogP contribution < -0.4 is 4.90 Å². The van der Waals surface area contributed by atoms with Gasteiger partial charge in [0.1, 0.15) is 18.2 Å². The monoisotopic (exact) mass is 456 g/mol. The topological polar surface area (TPSA) is 76.4 Å². The number of nitrogens with zero attached hydrogens (tertiary/aromatic N) is 6. The Morgan fingerprint density at radius 3 is 2.47 bits per heavy atom. The summed E-state index contributed by atoms with van der Waals surface area (Å²) in [5.74, 6) is 1.65. The number of carbonyl (C=O) groups excluding carboxylic acids is 1. The molecule has 174 valence electrons. The molecule has 1 saturated heterocycles. The number of benzene rings is 2. The van der Waals surface area contributed by atoms with Crippen LogP contribution in [0.25, 0.3) is 16.7 Å². The van der Waals surface area contributed by atoms with Crippen LogP contribution in [-0.2, 0) is 16.0 Å². The Balaban J connectivity index is 1.53. The van der Waals surface area contributed by atoms with Crippen LogP contribution in [0.4, 0.5) is 5.82 Å². The molecule has 1 amide bonds. The van der Waals surface area contributed by atoms with Gasteiger partial charge in [-0.05, 0) is 24.1 Å². The molecule has 0 saturated carbocycles. The lowest BCUT2D eigenvalue weighted by Crippen LogP contribution is -2.37. The minimum absolute atomic E-state index is 0.0267. The van der Waals surface area contributed by atoms with Crippen molar-refractivity contribution in [3.8, 4) is 5.69 Å². The summed E-state index contributed by atoms with van der Waals surface area (Å²) in [6, 6.07) is 20.3. The molecule has 1 aliphatic rings. The van der Waals surface area contributed by atoms with Crippen molar-refractivity contribution >= 4 is 22.8 Å². The molecule has 0 atom stereocenters. The van der Waals surface area contributed by atoms with Gasteiger partial charge in [0.25, 0.3) is 0 Å². The van der Waals surface area contributed by atoms with Crippen molar-refractivity contribution in [2.45, 2.75) is 12.8 Å². The first-order valence-electron chi connectivity index (χ1n) is 11.6. The van der Waals surface area contributed by atoms with Gasteiger partial charge < -0.3 is 14.5 Å². The summed E-state index contributed by atoms with van der Waals surface area (Å²) in [6.45, 7) is 2.97. The highest BCUT2D eigenvalue weighted by atomic mass is 16.5. The van der Waals surface area contributed by atoms with Gasteiger partial charge in [-0.15, -0.1) is 0 Å². The fourth-order valence-corrected chi connectivity index (χ4v) is 4.39. The Hall–Kier alpha value is -3.78. The number of hydrogen-bond donors (Lipinski definition) is 0. The van der Waals surface area contributed by atoms with Crippen LogP contribution in [0.2, 0.25) is 0 Å². The van der Waals surface area contributed by atoms with Gasteiger partial charge in [0.05, 0.1) is 17.3 Å². The van der Waals surface area contributed by atoms with E-state index >= 15 is 0 Å². The lowest BCUT2D eigenvalue weighted by atomic mass is 10.1. The molecule has 1 fully saturated rings. The molecule has 0 radical (unpaired) electrons. The summed E-state index contributed by atoms with van der Waals surface area (Å²) in [5, 5.41) is 5.58. The molecule has 2 aromatic heterocycles. The van der Waals surface area contributed by atoms with Gasteiger partial charge in [0.15, 0.2) is 5.65 Å². The van der Waals surface area contributed by atoms with Gasteiger partial charge in [-0.3, -0.25) is 4.79 Å². The van der Waals surface area contributed by atoms with Crippen LogP contribution in [0.1, 0.15) is 17.8 Å². The normalized spacial score (nSPS) is 14.4. The first kappa shape index (κ1) is 22.0. The zero-order valence-corrected chi connectivity index (χ0v) is 19.3. The highest BCUT2D eigenvalue weighted by Crippen LogP contribution is 2.27. The predicted molar refractivity (Wildman–Crippen MR) is 131 cm³/mol. The number of rotatable bonds is 6. The summed E-state index contributed by atoms with van der Waals surface area (Å²) >= 11 is 0. The van der Waals surface area contributed by atoms with Crippen molar-refractivity contribution in [1.29, 1.82) is 0 Å². The summed E-state index contributed by atoms with van der Waals surface area (Å²) < 4.78 is 6.92. The Morgan fingerprint density at radius 2 is 1.71 bits per heavy atom. The molecule has 2 aromatic carbocycles. The molecule has 4 aromatic rings. The number of ether oxygens (including phenoxy) is 1. The third-order valence-corrected chi connectivity index (χ3v) is 6.08. The van der Waals surface area contributed by atoms with Crippen molar-refractivity contribution in [2.24, 2.45) is 0 Å². The molecule has 0 N–H and O–H groups in total. The molecule has 0 aliphatic carbocycles. The summed E-state index contributed by atoms with van der Waals surface area (Å²) in [5.41, 5.74) is 2.91. The SMILES string of the molecule is COCC(=O)N1CCCN(c2nc(Cc3ccccc3)nc3c2cnn3-c2ccccc2)CC1. The molecular weight excluding hydrogens is 428 g/mol. The lowest BCUT2D eigenvalue weighted by molar-refractivity contribution is -0.134. The minimum Gasteiger partial charge on any atom is -0.375 e. The van der Waals surface area contributed by atoms with E-state index in [1.807, 2.05) is 64.3 Å². The Morgan fingerprint density at radius 1 is 0.941 bits per heavy atom. The Bertz CT molecular complexity index is 1260. The molecule has 8 nitrogen and oxygen atoms in total. The van der Waals surface area contributed by atoms with Gasteiger partial charge in [0, 0.05) is 39.7 Å². The molecule has 0 spiro atoms. The van der Waals surface area contributed by atoms with Crippen molar-refractivity contribution in [3.05, 3.63) is 78.2 Å². The Labute approximate surface area is 198 Å². The van der Waals surface area contributed by atoms with E-state index in [0.29, 0.717) is 26.1 Å². The Kier molecular flexibility index (Phi) is 6.49. The van der Waals surface area contributed by atoms with E-state index in [2.05, 4.69) is 22.1 Å². The van der Waals surface area contributed by atoms with Crippen LogP contribution in [0.15, 0.2) is 66.9 Å². The predicted octanol–water partition coefficient (Wildman–Crippen LogP) is 3.09. The van der Waals surface area contributed by atoms with Gasteiger partial charge >= 0.3 is 0 Å². The van der Waals surface area contributed by atoms with E-state index in [-0.39, 0.29) is 12.5 Å². The van der Waals surface area contributed by atoms with Gasteiger partial charge in [-0.2, -0.15) is 5.10 Å². The van der Waals surface area contributed by atoms with E-state index in [1.165, 1.54) is 0 Å². The third-order valence-electron chi connectivity index (χ3n) is 6.08. The highest BCUT2D eigenvalue weighted by Gasteiger charge is 2.23. The van der Waals surface area contributed by atoms with Gasteiger partial charge in [-0.1, -0.05) is 48.5 Å². The van der Waals surface area contributed by atoms with E-state index < -0.39 is 0 Å². The summed E-state index contributed by atoms with van der Waals surface area (Å²) in [6.07, 6.45) is 3.35. The average molecular weight is 457 g/mol. The fraction of sp³-hybridized carbons (Fsp3) is 0.308. The van der Waals surface area contributed by atoms with Crippen LogP contribution in [0.3, 0.4) is 0 Å². The van der Waals surface area contributed by atoms with Crippen LogP contribution in [0.5, 0.6) is 0 Å². The smallest absolute Gasteiger partial charge is 0.248 e. The molecule has 1 aliphatic heterocycles. The van der Waals surface area contributed by atoms with Gasteiger partial charge in [-0.25, -0.2) is 14.6 Å². The van der Waals surface area contributed by atoms with Crippen molar-refractivity contribution in [3.63, 3.8) is 0 Å². The molecule has 0 bridgehead atoms. The zero-order chi connectivity index (χ0) is 23.3. The van der Waals surface area contributed by atoms with Crippen LogP contribution in [-0.4, -0.2) is 70.5 Å². The van der Waals surface area contributed by atoms with Crippen LogP contribution in [0, 0.1) is 0 Å². The maximum Gasteiger partial charge on any atom is 0.248 e. The summed E-state index contributed by atoms with van der Waals surface area (Å²) in [7, 11) is 1.55. The maximum absolute atomic E-state index is 12.4. The second-order valence-electron chi connectivity index (χ2n) is 8.41. The van der Waals surface area contributed by atoms with Crippen molar-refractivity contribution in [1.82, 2.24) is 24.6 Å². The standard InChI is InChI=1S/C26H28N6O2/c1-34-19-24(33)30-13-8-14-31(16-15-30)25-22-18-27-32(21-11-6-3-7-12-21)26(22)29-23(28-25)17-20-9-4-2-5-10-20/h2-7,9-12,18H,8,13-17,19H2,1H3. The summed E-state index contributed by atoms with van der Waals surface area (Å²) in [4.78, 5) is 26.4. The molecule has 0 unspecified atom stereocenters. The number of carbonyl (C=O) groups is 1. The zero-order valence-electron chi connectivity index (χ0n) is 19.3. The molecule has 8 heteroatoms. The van der Waals surface area contributed by atoms with E-state index in [1.54, 1.807) is 7.11 Å². The number of hydrogen-bond acceptors (Lipinski definition) is 6. The quantitative estimate of drug-likeness (QED) is 0.444. The third kappa shape index (κ3) is 4.63. The number of aromatic nitrogens is 4. The number of methoxy groups -OCH3 is 1. The molecule has 34 heavy (non-hydrogen) atoms. The lowest BCUT2D eigenvalue weighted by Gasteiger charge is -2.23. The maximum atomic E-state index is 12.4. The molecular formula is C26H28N6O2. The first-order chi connectivity index (χ1) is 16.7. The number of amides is 1. The fourth-order valence-electron chi connectivity index (χ4n) is 4.39. The van der Waals surface area contributed by atoms with Crippen molar-refractivity contribution in [2.75, 3.05) is 44.8 Å². The molecule has 5 rings (SSSR count). The number of fused-ring (bicyclic) bond motifs is 1. The van der Waals surface area contributed by atoms with Crippen LogP contribution >= 0.6 is 0 Å². The number of anilines is 1. The van der Waals surface area contributed by atoms with E-state index in [9.17, 15) is 4.79 Å². The minimum atomic E-state index is 0.0267. The second kappa shape index (κ2) is 10.0. The number of para-hydroxylation sites is 1. The van der Waals surface area contributed by atoms with E-state index in [0.717, 1.165) is 46.9 Å². The van der Waals surface area contributed by atoms with Gasteiger partial charge in [0.2, 0.25) is 5.91 Å². The average Bonchev–Trinajstić information content (AvgIpc) is 3.13. The van der Waals surface area contributed by atoms with Crippen molar-refractivity contribution < 1.29 is 9.53 Å². The second-order valence-corrected chi connectivity index (χ2v) is 8.41. The largest absolute Gasteiger partial charge is 0.375 e.